The van der Waals surface area contributed by atoms with Crippen LogP contribution in [0.1, 0.15) is 40.6 Å². The lowest BCUT2D eigenvalue weighted by atomic mass is 10.1. The van der Waals surface area contributed by atoms with Gasteiger partial charge in [0, 0.05) is 6.42 Å². The minimum atomic E-state index is -1.16. The van der Waals surface area contributed by atoms with Crippen molar-refractivity contribution in [2.45, 2.75) is 20.3 Å². The molecule has 6 nitrogen and oxygen atoms in total. The summed E-state index contributed by atoms with van der Waals surface area (Å²) in [7, 11) is 0. The number of imidazole rings is 1. The monoisotopic (exact) mass is 262 g/mol. The van der Waals surface area contributed by atoms with Gasteiger partial charge in [0.2, 0.25) is 0 Å². The van der Waals surface area contributed by atoms with E-state index in [-0.39, 0.29) is 17.3 Å². The average Bonchev–Trinajstić information content (AvgIpc) is 2.67. The van der Waals surface area contributed by atoms with E-state index in [1.165, 1.54) is 16.5 Å². The summed E-state index contributed by atoms with van der Waals surface area (Å²) in [4.78, 5) is 26.5. The molecule has 0 aliphatic carbocycles. The minimum absolute atomic E-state index is 0.0214. The Morgan fingerprint density at radius 2 is 1.95 bits per heavy atom. The Balaban J connectivity index is 2.79. The molecule has 19 heavy (non-hydrogen) atoms. The van der Waals surface area contributed by atoms with Crippen LogP contribution in [0.3, 0.4) is 0 Å². The highest BCUT2D eigenvalue weighted by Gasteiger charge is 2.21. The Hall–Kier alpha value is -2.37. The number of carboxylic acids is 2. The summed E-state index contributed by atoms with van der Waals surface area (Å²) in [5.74, 6) is -1.56. The summed E-state index contributed by atoms with van der Waals surface area (Å²) in [5, 5.41) is 18.3. The van der Waals surface area contributed by atoms with Gasteiger partial charge < -0.3 is 10.2 Å². The molecule has 100 valence electrons. The average molecular weight is 262 g/mol. The maximum atomic E-state index is 11.2. The van der Waals surface area contributed by atoms with Crippen LogP contribution in [-0.2, 0) is 6.42 Å². The zero-order valence-corrected chi connectivity index (χ0v) is 10.6. The molecular formula is C13H14N2O4. The lowest BCUT2D eigenvalue weighted by molar-refractivity contribution is 0.0678. The van der Waals surface area contributed by atoms with Crippen LogP contribution in [0, 0.1) is 5.92 Å². The largest absolute Gasteiger partial charge is 0.477 e. The van der Waals surface area contributed by atoms with Crippen molar-refractivity contribution in [1.29, 1.82) is 0 Å². The molecular weight excluding hydrogens is 248 g/mol. The maximum Gasteiger partial charge on any atom is 0.356 e. The number of aromatic nitrogens is 2. The summed E-state index contributed by atoms with van der Waals surface area (Å²) >= 11 is 0. The molecule has 0 radical (unpaired) electrons. The third-order valence-corrected chi connectivity index (χ3v) is 2.74. The predicted octanol–water partition coefficient (Wildman–Crippen LogP) is 1.93. The van der Waals surface area contributed by atoms with Crippen molar-refractivity contribution in [2.24, 2.45) is 5.92 Å². The minimum Gasteiger partial charge on any atom is -0.477 e. The van der Waals surface area contributed by atoms with Gasteiger partial charge in [-0.15, -0.1) is 0 Å². The van der Waals surface area contributed by atoms with Crippen LogP contribution >= 0.6 is 0 Å². The van der Waals surface area contributed by atoms with E-state index in [1.807, 2.05) is 13.8 Å². The van der Waals surface area contributed by atoms with Gasteiger partial charge in [-0.1, -0.05) is 19.9 Å². The molecule has 0 aliphatic heterocycles. The fourth-order valence-electron chi connectivity index (χ4n) is 2.03. The number of rotatable bonds is 4. The lowest BCUT2D eigenvalue weighted by Crippen LogP contribution is -2.09. The van der Waals surface area contributed by atoms with Crippen LogP contribution in [0.5, 0.6) is 0 Å². The number of fused-ring (bicyclic) bond motifs is 1. The van der Waals surface area contributed by atoms with Crippen molar-refractivity contribution in [3.05, 3.63) is 35.4 Å². The smallest absolute Gasteiger partial charge is 0.356 e. The maximum absolute atomic E-state index is 11.2. The molecule has 0 bridgehead atoms. The number of carbonyl (C=O) groups is 2. The lowest BCUT2D eigenvalue weighted by Gasteiger charge is -2.06. The number of pyridine rings is 1. The second-order valence-electron chi connectivity index (χ2n) is 4.72. The van der Waals surface area contributed by atoms with E-state index in [9.17, 15) is 14.7 Å². The number of nitrogens with zero attached hydrogens (tertiary/aromatic N) is 2. The van der Waals surface area contributed by atoms with Crippen molar-refractivity contribution in [3.8, 4) is 0 Å². The van der Waals surface area contributed by atoms with Crippen LogP contribution in [0.4, 0.5) is 0 Å². The molecule has 0 aromatic carbocycles. The summed E-state index contributed by atoms with van der Waals surface area (Å²) in [6, 6.07) is 4.52. The first-order valence-corrected chi connectivity index (χ1v) is 5.88. The van der Waals surface area contributed by atoms with E-state index in [4.69, 9.17) is 5.11 Å². The molecule has 0 atom stereocenters. The van der Waals surface area contributed by atoms with Gasteiger partial charge in [-0.25, -0.2) is 14.6 Å². The SMILES string of the molecule is CC(C)Cc1nc(C(=O)O)c2cccc(C(=O)O)n12. The first-order valence-electron chi connectivity index (χ1n) is 5.88. The fourth-order valence-corrected chi connectivity index (χ4v) is 2.03. The van der Waals surface area contributed by atoms with Crippen LogP contribution in [-0.4, -0.2) is 31.5 Å². The van der Waals surface area contributed by atoms with Crippen molar-refractivity contribution < 1.29 is 19.8 Å². The fraction of sp³-hybridized carbons (Fsp3) is 0.308. The van der Waals surface area contributed by atoms with E-state index in [2.05, 4.69) is 4.98 Å². The molecule has 0 aliphatic rings. The molecule has 6 heteroatoms. The van der Waals surface area contributed by atoms with Gasteiger partial charge in [0.25, 0.3) is 0 Å². The Morgan fingerprint density at radius 3 is 2.47 bits per heavy atom. The van der Waals surface area contributed by atoms with Crippen LogP contribution < -0.4 is 0 Å². The standard InChI is InChI=1S/C13H14N2O4/c1-7(2)6-10-14-11(13(18)19)8-4-3-5-9(12(16)17)15(8)10/h3-5,7H,6H2,1-2H3,(H,16,17)(H,18,19). The third kappa shape index (κ3) is 2.29. The van der Waals surface area contributed by atoms with Crippen LogP contribution in [0.15, 0.2) is 18.2 Å². The molecule has 2 rings (SSSR count). The highest BCUT2D eigenvalue weighted by Crippen LogP contribution is 2.18. The van der Waals surface area contributed by atoms with Gasteiger partial charge in [0.15, 0.2) is 5.69 Å². The Kier molecular flexibility index (Phi) is 3.25. The van der Waals surface area contributed by atoms with Crippen molar-refractivity contribution in [1.82, 2.24) is 9.38 Å². The number of hydrogen-bond donors (Lipinski definition) is 2. The Morgan fingerprint density at radius 1 is 1.26 bits per heavy atom. The molecule has 0 saturated heterocycles. The normalized spacial score (nSPS) is 11.1. The van der Waals surface area contributed by atoms with Gasteiger partial charge in [-0.3, -0.25) is 4.40 Å². The first kappa shape index (κ1) is 13.1. The molecule has 2 N–H and O–H groups in total. The molecule has 2 aromatic rings. The van der Waals surface area contributed by atoms with E-state index in [0.717, 1.165) is 0 Å². The Labute approximate surface area is 109 Å². The second-order valence-corrected chi connectivity index (χ2v) is 4.72. The predicted molar refractivity (Wildman–Crippen MR) is 67.7 cm³/mol. The van der Waals surface area contributed by atoms with Crippen molar-refractivity contribution >= 4 is 17.5 Å². The van der Waals surface area contributed by atoms with Gasteiger partial charge >= 0.3 is 11.9 Å². The van der Waals surface area contributed by atoms with Gasteiger partial charge in [0.05, 0.1) is 5.52 Å². The number of hydrogen-bond acceptors (Lipinski definition) is 3. The quantitative estimate of drug-likeness (QED) is 0.878. The third-order valence-electron chi connectivity index (χ3n) is 2.74. The molecule has 0 amide bonds. The number of carboxylic acid groups (broad SMARTS) is 2. The highest BCUT2D eigenvalue weighted by atomic mass is 16.4. The summed E-state index contributed by atoms with van der Waals surface area (Å²) in [6.45, 7) is 3.93. The molecule has 0 saturated carbocycles. The van der Waals surface area contributed by atoms with Gasteiger partial charge in [-0.05, 0) is 18.1 Å². The van der Waals surface area contributed by atoms with Crippen LogP contribution in [0.25, 0.3) is 5.52 Å². The first-order chi connectivity index (χ1) is 8.91. The van der Waals surface area contributed by atoms with Crippen molar-refractivity contribution in [2.75, 3.05) is 0 Å². The van der Waals surface area contributed by atoms with Gasteiger partial charge in [-0.2, -0.15) is 0 Å². The number of aromatic carboxylic acids is 2. The zero-order valence-electron chi connectivity index (χ0n) is 10.6. The molecule has 2 aromatic heterocycles. The van der Waals surface area contributed by atoms with E-state index in [0.29, 0.717) is 17.8 Å². The zero-order chi connectivity index (χ0) is 14.2. The topological polar surface area (TPSA) is 91.9 Å². The molecule has 0 fully saturated rings. The van der Waals surface area contributed by atoms with Gasteiger partial charge in [0.1, 0.15) is 11.5 Å². The van der Waals surface area contributed by atoms with E-state index in [1.54, 1.807) is 6.07 Å². The second kappa shape index (κ2) is 4.72. The summed E-state index contributed by atoms with van der Waals surface area (Å²) < 4.78 is 1.41. The molecule has 0 unspecified atom stereocenters. The van der Waals surface area contributed by atoms with Crippen LogP contribution in [0.2, 0.25) is 0 Å². The van der Waals surface area contributed by atoms with E-state index < -0.39 is 11.9 Å². The molecule has 0 spiro atoms. The summed E-state index contributed by atoms with van der Waals surface area (Å²) in [6.07, 6.45) is 0.513. The molecule has 2 heterocycles. The Bertz CT molecular complexity index is 658. The van der Waals surface area contributed by atoms with Crippen molar-refractivity contribution in [3.63, 3.8) is 0 Å². The van der Waals surface area contributed by atoms with E-state index >= 15 is 0 Å². The highest BCUT2D eigenvalue weighted by molar-refractivity contribution is 5.95. The summed E-state index contributed by atoms with van der Waals surface area (Å²) in [5.41, 5.74) is 0.218.